The fourth-order valence-electron chi connectivity index (χ4n) is 2.05. The zero-order valence-corrected chi connectivity index (χ0v) is 14.2. The molecule has 0 saturated heterocycles. The van der Waals surface area contributed by atoms with Gasteiger partial charge < -0.3 is 20.9 Å². The lowest BCUT2D eigenvalue weighted by atomic mass is 10.1. The molecule has 0 saturated carbocycles. The number of ether oxygens (including phenoxy) is 2. The van der Waals surface area contributed by atoms with E-state index in [0.29, 0.717) is 43.8 Å². The summed E-state index contributed by atoms with van der Waals surface area (Å²) in [6.45, 7) is 2.47. The maximum Gasteiger partial charge on any atom is 0.338 e. The van der Waals surface area contributed by atoms with Crippen molar-refractivity contribution >= 4 is 11.9 Å². The molecule has 0 fully saturated rings. The van der Waals surface area contributed by atoms with Crippen molar-refractivity contribution < 1.29 is 19.2 Å². The minimum atomic E-state index is -0.800. The maximum absolute atomic E-state index is 11.5. The summed E-state index contributed by atoms with van der Waals surface area (Å²) >= 11 is 0. The summed E-state index contributed by atoms with van der Waals surface area (Å²) in [7, 11) is 0. The van der Waals surface area contributed by atoms with Crippen LogP contribution in [0.25, 0.3) is 0 Å². The lowest BCUT2D eigenvalue weighted by Crippen LogP contribution is -2.28. The number of nitro groups is 1. The molecule has 0 amide bonds. The highest BCUT2D eigenvalue weighted by Gasteiger charge is 2.18. The Labute approximate surface area is 146 Å². The first-order valence-electron chi connectivity index (χ1n) is 8.03. The average Bonchev–Trinajstić information content (AvgIpc) is 2.57. The van der Waals surface area contributed by atoms with Crippen molar-refractivity contribution in [2.45, 2.75) is 32.2 Å². The standard InChI is InChI=1S/C16H24N4O5/c1-2-24-15(21)12-6-8-14(9-7-12)25-10-4-3-5-13(20(22)23)11-19-16(17)18/h6-9,13H,2-5,10-11H2,1H3,(H4,17,18,19). The highest BCUT2D eigenvalue weighted by Crippen LogP contribution is 2.14. The summed E-state index contributed by atoms with van der Waals surface area (Å²) in [6, 6.07) is 5.83. The summed E-state index contributed by atoms with van der Waals surface area (Å²) in [5.74, 6) is 0.0986. The van der Waals surface area contributed by atoms with Crippen molar-refractivity contribution in [3.8, 4) is 5.75 Å². The van der Waals surface area contributed by atoms with Gasteiger partial charge >= 0.3 is 5.97 Å². The smallest absolute Gasteiger partial charge is 0.338 e. The highest BCUT2D eigenvalue weighted by atomic mass is 16.6. The minimum absolute atomic E-state index is 0.0223. The Morgan fingerprint density at radius 2 is 1.96 bits per heavy atom. The average molecular weight is 352 g/mol. The number of unbranched alkanes of at least 4 members (excludes halogenated alkanes) is 1. The Hall–Kier alpha value is -2.84. The zero-order chi connectivity index (χ0) is 18.7. The molecule has 0 aromatic heterocycles. The number of benzene rings is 1. The number of hydrogen-bond acceptors (Lipinski definition) is 6. The van der Waals surface area contributed by atoms with Crippen molar-refractivity contribution in [3.05, 3.63) is 39.9 Å². The van der Waals surface area contributed by atoms with Gasteiger partial charge in [0.25, 0.3) is 0 Å². The van der Waals surface area contributed by atoms with E-state index >= 15 is 0 Å². The Bertz CT molecular complexity index is 585. The Balaban J connectivity index is 2.31. The van der Waals surface area contributed by atoms with E-state index in [1.807, 2.05) is 0 Å². The van der Waals surface area contributed by atoms with Gasteiger partial charge in [-0.05, 0) is 44.0 Å². The Kier molecular flexibility index (Phi) is 8.77. The molecule has 0 aliphatic carbocycles. The number of hydrogen-bond donors (Lipinski definition) is 2. The maximum atomic E-state index is 11.5. The minimum Gasteiger partial charge on any atom is -0.494 e. The molecule has 9 heteroatoms. The van der Waals surface area contributed by atoms with Crippen LogP contribution in [-0.4, -0.2) is 42.7 Å². The van der Waals surface area contributed by atoms with Crippen molar-refractivity contribution in [2.24, 2.45) is 16.5 Å². The van der Waals surface area contributed by atoms with Crippen LogP contribution < -0.4 is 16.2 Å². The normalized spacial score (nSPS) is 11.4. The predicted molar refractivity (Wildman–Crippen MR) is 93.2 cm³/mol. The molecule has 0 aliphatic heterocycles. The van der Waals surface area contributed by atoms with Gasteiger partial charge in [0, 0.05) is 11.3 Å². The molecule has 0 spiro atoms. The summed E-state index contributed by atoms with van der Waals surface area (Å²) in [4.78, 5) is 25.8. The second-order valence-electron chi connectivity index (χ2n) is 5.29. The molecule has 25 heavy (non-hydrogen) atoms. The van der Waals surface area contributed by atoms with E-state index in [0.717, 1.165) is 0 Å². The molecule has 0 radical (unpaired) electrons. The van der Waals surface area contributed by atoms with E-state index < -0.39 is 6.04 Å². The van der Waals surface area contributed by atoms with Crippen LogP contribution in [0.5, 0.6) is 5.75 Å². The number of guanidine groups is 1. The van der Waals surface area contributed by atoms with Gasteiger partial charge in [-0.1, -0.05) is 0 Å². The number of nitrogens with zero attached hydrogens (tertiary/aromatic N) is 2. The van der Waals surface area contributed by atoms with Crippen molar-refractivity contribution in [1.82, 2.24) is 0 Å². The highest BCUT2D eigenvalue weighted by molar-refractivity contribution is 5.89. The number of rotatable bonds is 11. The van der Waals surface area contributed by atoms with Crippen LogP contribution >= 0.6 is 0 Å². The molecule has 0 bridgehead atoms. The molecule has 138 valence electrons. The summed E-state index contributed by atoms with van der Waals surface area (Å²) < 4.78 is 10.4. The van der Waals surface area contributed by atoms with E-state index in [1.54, 1.807) is 31.2 Å². The molecule has 4 N–H and O–H groups in total. The molecule has 1 unspecified atom stereocenters. The van der Waals surface area contributed by atoms with Crippen LogP contribution in [0.3, 0.4) is 0 Å². The third-order valence-corrected chi connectivity index (χ3v) is 3.35. The summed E-state index contributed by atoms with van der Waals surface area (Å²) in [6.07, 6.45) is 1.65. The fraction of sp³-hybridized carbons (Fsp3) is 0.500. The molecule has 1 aromatic rings. The van der Waals surface area contributed by atoms with Crippen molar-refractivity contribution in [2.75, 3.05) is 19.8 Å². The largest absolute Gasteiger partial charge is 0.494 e. The first-order valence-corrected chi connectivity index (χ1v) is 8.03. The zero-order valence-electron chi connectivity index (χ0n) is 14.2. The molecule has 1 aromatic carbocycles. The predicted octanol–water partition coefficient (Wildman–Crippen LogP) is 1.33. The molecular formula is C16H24N4O5. The monoisotopic (exact) mass is 352 g/mol. The van der Waals surface area contributed by atoms with E-state index in [2.05, 4.69) is 4.99 Å². The summed E-state index contributed by atoms with van der Waals surface area (Å²) in [5, 5.41) is 10.9. The first-order chi connectivity index (χ1) is 11.9. The molecule has 1 rings (SSSR count). The van der Waals surface area contributed by atoms with E-state index in [-0.39, 0.29) is 23.4 Å². The summed E-state index contributed by atoms with van der Waals surface area (Å²) in [5.41, 5.74) is 10.8. The second-order valence-corrected chi connectivity index (χ2v) is 5.29. The van der Waals surface area contributed by atoms with Gasteiger partial charge in [-0.15, -0.1) is 0 Å². The third-order valence-electron chi connectivity index (χ3n) is 3.35. The van der Waals surface area contributed by atoms with Gasteiger partial charge in [0.2, 0.25) is 6.04 Å². The van der Waals surface area contributed by atoms with Crippen LogP contribution in [-0.2, 0) is 4.74 Å². The van der Waals surface area contributed by atoms with Gasteiger partial charge in [0.05, 0.1) is 18.8 Å². The van der Waals surface area contributed by atoms with Gasteiger partial charge in [-0.2, -0.15) is 0 Å². The Morgan fingerprint density at radius 3 is 2.52 bits per heavy atom. The van der Waals surface area contributed by atoms with Crippen LogP contribution in [0.15, 0.2) is 29.3 Å². The molecule has 9 nitrogen and oxygen atoms in total. The SMILES string of the molecule is CCOC(=O)c1ccc(OCCCCC(CN=C(N)N)[N+](=O)[O-])cc1. The van der Waals surface area contributed by atoms with Gasteiger partial charge in [0.15, 0.2) is 5.96 Å². The number of aliphatic imine (C=N–C) groups is 1. The number of carbonyl (C=O) groups is 1. The van der Waals surface area contributed by atoms with Gasteiger partial charge in [0.1, 0.15) is 12.3 Å². The quantitative estimate of drug-likeness (QED) is 0.153. The lowest BCUT2D eigenvalue weighted by Gasteiger charge is -2.09. The number of esters is 1. The van der Waals surface area contributed by atoms with E-state index in [1.165, 1.54) is 0 Å². The molecule has 1 atom stereocenters. The molecular weight excluding hydrogens is 328 g/mol. The third kappa shape index (κ3) is 8.00. The molecule has 0 aliphatic rings. The lowest BCUT2D eigenvalue weighted by molar-refractivity contribution is -0.520. The van der Waals surface area contributed by atoms with Crippen LogP contribution in [0.1, 0.15) is 36.5 Å². The van der Waals surface area contributed by atoms with Crippen LogP contribution in [0.4, 0.5) is 0 Å². The van der Waals surface area contributed by atoms with E-state index in [4.69, 9.17) is 20.9 Å². The number of nitrogens with two attached hydrogens (primary N) is 2. The second kappa shape index (κ2) is 10.8. The van der Waals surface area contributed by atoms with Crippen molar-refractivity contribution in [3.63, 3.8) is 0 Å². The van der Waals surface area contributed by atoms with Crippen LogP contribution in [0.2, 0.25) is 0 Å². The fourth-order valence-corrected chi connectivity index (χ4v) is 2.05. The topological polar surface area (TPSA) is 143 Å². The Morgan fingerprint density at radius 1 is 1.28 bits per heavy atom. The first kappa shape index (κ1) is 20.2. The van der Waals surface area contributed by atoms with E-state index in [9.17, 15) is 14.9 Å². The number of carbonyl (C=O) groups excluding carboxylic acids is 1. The van der Waals surface area contributed by atoms with Gasteiger partial charge in [-0.25, -0.2) is 9.79 Å². The molecule has 0 heterocycles. The van der Waals surface area contributed by atoms with Crippen molar-refractivity contribution in [1.29, 1.82) is 0 Å². The van der Waals surface area contributed by atoms with Crippen LogP contribution in [0, 0.1) is 10.1 Å². The van der Waals surface area contributed by atoms with Gasteiger partial charge in [-0.3, -0.25) is 10.1 Å².